The molecule has 88 valence electrons. The van der Waals surface area contributed by atoms with Gasteiger partial charge in [-0.05, 0) is 12.0 Å². The monoisotopic (exact) mass is 244 g/mol. The Morgan fingerprint density at radius 2 is 1.88 bits per heavy atom. The van der Waals surface area contributed by atoms with Crippen molar-refractivity contribution >= 4 is 15.8 Å². The number of nitro groups is 1. The Labute approximate surface area is 92.8 Å². The Hall–Kier alpha value is -1.47. The van der Waals surface area contributed by atoms with Crippen molar-refractivity contribution in [1.82, 2.24) is 0 Å². The molecular weight excluding hydrogens is 234 g/mol. The predicted octanol–water partition coefficient (Wildman–Crippen LogP) is 1.62. The van der Waals surface area contributed by atoms with E-state index in [-0.39, 0.29) is 11.6 Å². The van der Waals surface area contributed by atoms with E-state index in [4.69, 9.17) is 0 Å². The van der Waals surface area contributed by atoms with Crippen molar-refractivity contribution in [2.75, 3.05) is 0 Å². The molecule has 6 nitrogen and oxygen atoms in total. The zero-order valence-corrected chi connectivity index (χ0v) is 9.52. The predicted molar refractivity (Wildman–Crippen MR) is 55.1 cm³/mol. The molecule has 0 heterocycles. The zero-order chi connectivity index (χ0) is 12.5. The van der Waals surface area contributed by atoms with Gasteiger partial charge in [0.2, 0.25) is 0 Å². The van der Waals surface area contributed by atoms with E-state index in [1.54, 1.807) is 13.8 Å². The molecule has 0 aromatic heterocycles. The zero-order valence-electron chi connectivity index (χ0n) is 8.71. The lowest BCUT2D eigenvalue weighted by molar-refractivity contribution is -0.385. The molecule has 16 heavy (non-hydrogen) atoms. The summed E-state index contributed by atoms with van der Waals surface area (Å²) in [7, 11) is -4.66. The molecule has 0 atom stereocenters. The molecule has 0 aliphatic rings. The minimum atomic E-state index is -4.66. The van der Waals surface area contributed by atoms with Crippen LogP contribution in [-0.4, -0.2) is 17.9 Å². The summed E-state index contributed by atoms with van der Waals surface area (Å²) in [6, 6.07) is 3.19. The molecule has 0 saturated carbocycles. The number of hydrogen-bond donors (Lipinski definition) is 0. The van der Waals surface area contributed by atoms with Gasteiger partial charge in [0.05, 0.1) is 9.82 Å². The van der Waals surface area contributed by atoms with Crippen LogP contribution in [0.1, 0.15) is 25.3 Å². The van der Waals surface area contributed by atoms with Gasteiger partial charge in [-0.2, -0.15) is 0 Å². The fraction of sp³-hybridized carbons (Fsp3) is 0.333. The summed E-state index contributed by atoms with van der Waals surface area (Å²) in [5, 5.41) is 10.7. The Balaban J connectivity index is 3.46. The molecule has 0 aliphatic heterocycles. The minimum Gasteiger partial charge on any atom is -0.744 e. The van der Waals surface area contributed by atoms with Crippen LogP contribution in [0.15, 0.2) is 23.1 Å². The van der Waals surface area contributed by atoms with Crippen molar-refractivity contribution in [3.05, 3.63) is 33.9 Å². The molecule has 0 aliphatic carbocycles. The van der Waals surface area contributed by atoms with Gasteiger partial charge in [0.25, 0.3) is 5.69 Å². The average Bonchev–Trinajstić information content (AvgIpc) is 2.15. The van der Waals surface area contributed by atoms with Crippen molar-refractivity contribution in [2.45, 2.75) is 24.7 Å². The van der Waals surface area contributed by atoms with E-state index < -0.39 is 19.9 Å². The number of nitrogens with zero attached hydrogens (tertiary/aromatic N) is 1. The number of rotatable bonds is 3. The Morgan fingerprint density at radius 1 is 1.31 bits per heavy atom. The second kappa shape index (κ2) is 4.18. The average molecular weight is 244 g/mol. The van der Waals surface area contributed by atoms with Crippen LogP contribution in [0.4, 0.5) is 5.69 Å². The number of benzene rings is 1. The lowest BCUT2D eigenvalue weighted by atomic mass is 10.0. The maximum atomic E-state index is 10.7. The Morgan fingerprint density at radius 3 is 2.25 bits per heavy atom. The summed E-state index contributed by atoms with van der Waals surface area (Å²) in [4.78, 5) is 9.44. The smallest absolute Gasteiger partial charge is 0.274 e. The van der Waals surface area contributed by atoms with Gasteiger partial charge in [-0.25, -0.2) is 8.42 Å². The van der Waals surface area contributed by atoms with E-state index in [9.17, 15) is 23.1 Å². The molecule has 0 amide bonds. The standard InChI is InChI=1S/C9H11NO5S/c1-6(2)8-4-3-7(16(13,14)15)5-9(8)10(11)12/h3-6H,1-2H3,(H,13,14,15)/p-1. The van der Waals surface area contributed by atoms with Crippen LogP contribution in [0, 0.1) is 10.1 Å². The summed E-state index contributed by atoms with van der Waals surface area (Å²) in [5.41, 5.74) is 0.0596. The van der Waals surface area contributed by atoms with E-state index >= 15 is 0 Å². The van der Waals surface area contributed by atoms with Gasteiger partial charge < -0.3 is 4.55 Å². The van der Waals surface area contributed by atoms with Crippen LogP contribution in [0.5, 0.6) is 0 Å². The van der Waals surface area contributed by atoms with Gasteiger partial charge in [-0.1, -0.05) is 19.9 Å². The van der Waals surface area contributed by atoms with E-state index in [0.29, 0.717) is 5.56 Å². The maximum Gasteiger partial charge on any atom is 0.274 e. The highest BCUT2D eigenvalue weighted by molar-refractivity contribution is 7.85. The third-order valence-corrected chi connectivity index (χ3v) is 2.94. The first-order chi connectivity index (χ1) is 7.23. The highest BCUT2D eigenvalue weighted by atomic mass is 32.2. The van der Waals surface area contributed by atoms with Gasteiger partial charge in [0.15, 0.2) is 0 Å². The first-order valence-electron chi connectivity index (χ1n) is 4.47. The van der Waals surface area contributed by atoms with Crippen LogP contribution < -0.4 is 0 Å². The van der Waals surface area contributed by atoms with Crippen LogP contribution in [0.2, 0.25) is 0 Å². The molecule has 0 saturated heterocycles. The summed E-state index contributed by atoms with van der Waals surface area (Å²) in [6.07, 6.45) is 0. The van der Waals surface area contributed by atoms with Gasteiger partial charge in [-0.3, -0.25) is 10.1 Å². The summed E-state index contributed by atoms with van der Waals surface area (Å²) < 4.78 is 32.1. The SMILES string of the molecule is CC(C)c1ccc(S(=O)(=O)[O-])cc1[N+](=O)[O-]. The summed E-state index contributed by atoms with van der Waals surface area (Å²) >= 11 is 0. The van der Waals surface area contributed by atoms with E-state index in [1.807, 2.05) is 0 Å². The van der Waals surface area contributed by atoms with Crippen LogP contribution >= 0.6 is 0 Å². The van der Waals surface area contributed by atoms with Crippen molar-refractivity contribution in [3.8, 4) is 0 Å². The molecule has 0 spiro atoms. The second-order valence-corrected chi connectivity index (χ2v) is 4.97. The lowest BCUT2D eigenvalue weighted by Crippen LogP contribution is -2.03. The largest absolute Gasteiger partial charge is 0.744 e. The molecule has 0 fully saturated rings. The third kappa shape index (κ3) is 2.56. The highest BCUT2D eigenvalue weighted by Gasteiger charge is 2.18. The van der Waals surface area contributed by atoms with Crippen molar-refractivity contribution < 1.29 is 17.9 Å². The summed E-state index contributed by atoms with van der Waals surface area (Å²) in [5.74, 6) is -0.121. The van der Waals surface area contributed by atoms with Gasteiger partial charge in [0.1, 0.15) is 10.1 Å². The molecule has 1 aromatic rings. The fourth-order valence-corrected chi connectivity index (χ4v) is 1.82. The van der Waals surface area contributed by atoms with Crippen molar-refractivity contribution in [1.29, 1.82) is 0 Å². The lowest BCUT2D eigenvalue weighted by Gasteiger charge is -2.10. The van der Waals surface area contributed by atoms with E-state index in [1.165, 1.54) is 6.07 Å². The molecule has 0 unspecified atom stereocenters. The minimum absolute atomic E-state index is 0.121. The molecule has 1 rings (SSSR count). The number of nitro benzene ring substituents is 1. The van der Waals surface area contributed by atoms with Crippen LogP contribution in [0.3, 0.4) is 0 Å². The van der Waals surface area contributed by atoms with E-state index in [2.05, 4.69) is 0 Å². The molecule has 7 heteroatoms. The third-order valence-electron chi connectivity index (χ3n) is 2.11. The first-order valence-corrected chi connectivity index (χ1v) is 5.88. The Kier molecular flexibility index (Phi) is 3.30. The topological polar surface area (TPSA) is 100 Å². The fourth-order valence-electron chi connectivity index (χ4n) is 1.33. The highest BCUT2D eigenvalue weighted by Crippen LogP contribution is 2.28. The summed E-state index contributed by atoms with van der Waals surface area (Å²) in [6.45, 7) is 3.49. The molecule has 0 radical (unpaired) electrons. The van der Waals surface area contributed by atoms with Crippen molar-refractivity contribution in [2.24, 2.45) is 0 Å². The normalized spacial score (nSPS) is 11.8. The quantitative estimate of drug-likeness (QED) is 0.457. The van der Waals surface area contributed by atoms with Crippen molar-refractivity contribution in [3.63, 3.8) is 0 Å². The maximum absolute atomic E-state index is 10.7. The van der Waals surface area contributed by atoms with E-state index in [0.717, 1.165) is 12.1 Å². The number of hydrogen-bond acceptors (Lipinski definition) is 5. The van der Waals surface area contributed by atoms with Gasteiger partial charge in [-0.15, -0.1) is 0 Å². The first kappa shape index (κ1) is 12.6. The Bertz CT molecular complexity index is 521. The molecule has 0 bridgehead atoms. The van der Waals surface area contributed by atoms with Crippen LogP contribution in [0.25, 0.3) is 0 Å². The molecule has 1 aromatic carbocycles. The van der Waals surface area contributed by atoms with Crippen LogP contribution in [-0.2, 0) is 10.1 Å². The molecular formula is C9H10NO5S-. The second-order valence-electron chi connectivity index (χ2n) is 3.59. The van der Waals surface area contributed by atoms with Gasteiger partial charge in [0, 0.05) is 11.6 Å². The van der Waals surface area contributed by atoms with Gasteiger partial charge >= 0.3 is 0 Å². The molecule has 0 N–H and O–H groups in total.